The highest BCUT2D eigenvalue weighted by Gasteiger charge is 2.28. The van der Waals surface area contributed by atoms with E-state index in [1.54, 1.807) is 0 Å². The summed E-state index contributed by atoms with van der Waals surface area (Å²) in [5.74, 6) is 1.40. The molecule has 0 spiro atoms. The van der Waals surface area contributed by atoms with Gasteiger partial charge in [0.25, 0.3) is 0 Å². The van der Waals surface area contributed by atoms with Crippen LogP contribution in [0.4, 0.5) is 17.5 Å². The smallest absolute Gasteiger partial charge is 0.338 e. The average Bonchev–Trinajstić information content (AvgIpc) is 3.38. The molecule has 0 radical (unpaired) electrons. The van der Waals surface area contributed by atoms with Gasteiger partial charge < -0.3 is 15.4 Å². The maximum atomic E-state index is 12.0. The lowest BCUT2D eigenvalue weighted by Gasteiger charge is -2.12. The maximum absolute atomic E-state index is 12.0. The number of benzene rings is 1. The third-order valence-corrected chi connectivity index (χ3v) is 3.84. The van der Waals surface area contributed by atoms with Crippen molar-refractivity contribution in [3.63, 3.8) is 0 Å². The van der Waals surface area contributed by atoms with E-state index < -0.39 is 0 Å². The van der Waals surface area contributed by atoms with Gasteiger partial charge in [-0.2, -0.15) is 4.98 Å². The number of rotatable bonds is 5. The number of hydrogen-bond acceptors (Lipinski definition) is 6. The molecule has 2 N–H and O–H groups in total. The van der Waals surface area contributed by atoms with Crippen molar-refractivity contribution in [1.82, 2.24) is 9.97 Å². The van der Waals surface area contributed by atoms with Crippen molar-refractivity contribution in [2.75, 3.05) is 24.8 Å². The van der Waals surface area contributed by atoms with Gasteiger partial charge in [-0.3, -0.25) is 0 Å². The van der Waals surface area contributed by atoms with Crippen LogP contribution < -0.4 is 10.6 Å². The van der Waals surface area contributed by atoms with Gasteiger partial charge in [-0.05, 0) is 43.4 Å². The van der Waals surface area contributed by atoms with Gasteiger partial charge in [0.1, 0.15) is 5.82 Å². The molecule has 1 aliphatic carbocycles. The standard InChI is InChI=1S/C17H20N4O2/c1-10-8-15(18-2)21-17(19-10)20-12-6-7-13(11-4-5-11)14(9-12)16(22)23-3/h6-9,11H,4-5H2,1-3H3,(H2,18,19,20,21). The molecule has 0 atom stereocenters. The first-order chi connectivity index (χ1) is 11.1. The number of aryl methyl sites for hydroxylation is 1. The van der Waals surface area contributed by atoms with Crippen LogP contribution in [0.5, 0.6) is 0 Å². The summed E-state index contributed by atoms with van der Waals surface area (Å²) in [7, 11) is 3.22. The number of nitrogens with zero attached hydrogens (tertiary/aromatic N) is 2. The van der Waals surface area contributed by atoms with Crippen molar-refractivity contribution in [3.8, 4) is 0 Å². The van der Waals surface area contributed by atoms with Gasteiger partial charge in [-0.25, -0.2) is 9.78 Å². The molecule has 6 heteroatoms. The van der Waals surface area contributed by atoms with Crippen molar-refractivity contribution in [2.45, 2.75) is 25.7 Å². The largest absolute Gasteiger partial charge is 0.465 e. The zero-order chi connectivity index (χ0) is 16.4. The quantitative estimate of drug-likeness (QED) is 0.826. The third-order valence-electron chi connectivity index (χ3n) is 3.84. The Balaban J connectivity index is 1.91. The van der Waals surface area contributed by atoms with Crippen molar-refractivity contribution >= 4 is 23.4 Å². The molecule has 1 aromatic carbocycles. The van der Waals surface area contributed by atoms with Crippen LogP contribution in [0.3, 0.4) is 0 Å². The van der Waals surface area contributed by atoms with E-state index in [0.29, 0.717) is 17.4 Å². The molecule has 23 heavy (non-hydrogen) atoms. The molecular weight excluding hydrogens is 292 g/mol. The van der Waals surface area contributed by atoms with Gasteiger partial charge >= 0.3 is 5.97 Å². The number of carbonyl (C=O) groups is 1. The summed E-state index contributed by atoms with van der Waals surface area (Å²) in [5.41, 5.74) is 3.29. The van der Waals surface area contributed by atoms with E-state index >= 15 is 0 Å². The minimum Gasteiger partial charge on any atom is -0.465 e. The highest BCUT2D eigenvalue weighted by atomic mass is 16.5. The Kier molecular flexibility index (Phi) is 4.14. The number of anilines is 3. The second-order valence-corrected chi connectivity index (χ2v) is 5.66. The van der Waals surface area contributed by atoms with E-state index in [2.05, 4.69) is 20.6 Å². The topological polar surface area (TPSA) is 76.1 Å². The lowest BCUT2D eigenvalue weighted by atomic mass is 10.0. The summed E-state index contributed by atoms with van der Waals surface area (Å²) in [4.78, 5) is 20.8. The number of ether oxygens (including phenoxy) is 1. The van der Waals surface area contributed by atoms with Crippen molar-refractivity contribution in [3.05, 3.63) is 41.1 Å². The van der Waals surface area contributed by atoms with Gasteiger partial charge in [-0.1, -0.05) is 6.07 Å². The van der Waals surface area contributed by atoms with Crippen molar-refractivity contribution in [2.24, 2.45) is 0 Å². The second kappa shape index (κ2) is 6.24. The Bertz CT molecular complexity index is 741. The molecule has 0 aliphatic heterocycles. The molecule has 2 aromatic rings. The Morgan fingerprint density at radius 3 is 2.70 bits per heavy atom. The van der Waals surface area contributed by atoms with Gasteiger partial charge in [0.05, 0.1) is 12.7 Å². The molecule has 1 saturated carbocycles. The molecule has 6 nitrogen and oxygen atoms in total. The Hall–Kier alpha value is -2.63. The molecule has 1 fully saturated rings. The number of methoxy groups -OCH3 is 1. The molecule has 0 bridgehead atoms. The van der Waals surface area contributed by atoms with Crippen molar-refractivity contribution < 1.29 is 9.53 Å². The normalized spacial score (nSPS) is 13.5. The Morgan fingerprint density at radius 2 is 2.04 bits per heavy atom. The molecule has 120 valence electrons. The van der Waals surface area contributed by atoms with E-state index in [9.17, 15) is 4.79 Å². The van der Waals surface area contributed by atoms with E-state index in [4.69, 9.17) is 4.74 Å². The van der Waals surface area contributed by atoms with Crippen molar-refractivity contribution in [1.29, 1.82) is 0 Å². The first kappa shape index (κ1) is 15.3. The lowest BCUT2D eigenvalue weighted by molar-refractivity contribution is 0.0599. The monoisotopic (exact) mass is 312 g/mol. The molecule has 0 unspecified atom stereocenters. The summed E-state index contributed by atoms with van der Waals surface area (Å²) in [6, 6.07) is 7.61. The Labute approximate surface area is 135 Å². The van der Waals surface area contributed by atoms with Crippen LogP contribution in [-0.2, 0) is 4.74 Å². The highest BCUT2D eigenvalue weighted by Crippen LogP contribution is 2.42. The molecule has 1 heterocycles. The number of esters is 1. The fraction of sp³-hybridized carbons (Fsp3) is 0.353. The van der Waals surface area contributed by atoms with Crippen LogP contribution >= 0.6 is 0 Å². The fourth-order valence-electron chi connectivity index (χ4n) is 2.55. The molecule has 1 aliphatic rings. The molecule has 0 saturated heterocycles. The Morgan fingerprint density at radius 1 is 1.26 bits per heavy atom. The first-order valence-corrected chi connectivity index (χ1v) is 7.63. The predicted octanol–water partition coefficient (Wildman–Crippen LogP) is 3.23. The number of carbonyl (C=O) groups excluding carboxylic acids is 1. The molecular formula is C17H20N4O2. The third kappa shape index (κ3) is 3.41. The summed E-state index contributed by atoms with van der Waals surface area (Å²) in [6.45, 7) is 1.91. The van der Waals surface area contributed by atoms with Crippen LogP contribution in [0.2, 0.25) is 0 Å². The average molecular weight is 312 g/mol. The van der Waals surface area contributed by atoms with Crippen LogP contribution in [-0.4, -0.2) is 30.1 Å². The zero-order valence-electron chi connectivity index (χ0n) is 13.5. The summed E-state index contributed by atoms with van der Waals surface area (Å²) in [5, 5.41) is 6.16. The molecule has 0 amide bonds. The van der Waals surface area contributed by atoms with Crippen LogP contribution in [0.1, 0.15) is 40.4 Å². The zero-order valence-corrected chi connectivity index (χ0v) is 13.5. The van der Waals surface area contributed by atoms with Crippen LogP contribution in [0, 0.1) is 6.92 Å². The van der Waals surface area contributed by atoms with Gasteiger partial charge in [0, 0.05) is 24.5 Å². The summed E-state index contributed by atoms with van der Waals surface area (Å²) >= 11 is 0. The van der Waals surface area contributed by atoms with Gasteiger partial charge in [0.2, 0.25) is 5.95 Å². The maximum Gasteiger partial charge on any atom is 0.338 e. The summed E-state index contributed by atoms with van der Waals surface area (Å²) < 4.78 is 4.91. The number of nitrogens with one attached hydrogen (secondary N) is 2. The second-order valence-electron chi connectivity index (χ2n) is 5.66. The lowest BCUT2D eigenvalue weighted by Crippen LogP contribution is -2.07. The van der Waals surface area contributed by atoms with Crippen LogP contribution in [0.25, 0.3) is 0 Å². The van der Waals surface area contributed by atoms with E-state index in [1.165, 1.54) is 7.11 Å². The number of hydrogen-bond donors (Lipinski definition) is 2. The van der Waals surface area contributed by atoms with Crippen LogP contribution in [0.15, 0.2) is 24.3 Å². The molecule has 3 rings (SSSR count). The van der Waals surface area contributed by atoms with E-state index in [-0.39, 0.29) is 5.97 Å². The minimum absolute atomic E-state index is 0.309. The highest BCUT2D eigenvalue weighted by molar-refractivity contribution is 5.92. The molecule has 1 aromatic heterocycles. The van der Waals surface area contributed by atoms with Gasteiger partial charge in [-0.15, -0.1) is 0 Å². The van der Waals surface area contributed by atoms with Gasteiger partial charge in [0.15, 0.2) is 0 Å². The summed E-state index contributed by atoms with van der Waals surface area (Å²) in [6.07, 6.45) is 2.26. The van der Waals surface area contributed by atoms with E-state index in [1.807, 2.05) is 38.2 Å². The predicted molar refractivity (Wildman–Crippen MR) is 89.4 cm³/mol. The van der Waals surface area contributed by atoms with E-state index in [0.717, 1.165) is 35.6 Å². The number of aromatic nitrogens is 2. The minimum atomic E-state index is -0.309. The fourth-order valence-corrected chi connectivity index (χ4v) is 2.55. The SMILES string of the molecule is CNc1cc(C)nc(Nc2ccc(C3CC3)c(C(=O)OC)c2)n1. The first-order valence-electron chi connectivity index (χ1n) is 7.63.